The summed E-state index contributed by atoms with van der Waals surface area (Å²) in [6.45, 7) is 18.3. The lowest BCUT2D eigenvalue weighted by Crippen LogP contribution is -2.34. The standard InChI is InChI=1S/C43H52BN7O2/c1-6-33-25-35-39(50-31(5)51-43(35)46-27-32-16-14-17-34(44)24-32)26-40(33)53-23-13-11-9-7-8-10-12-22-45-37-18-15-19-38(42(37)29(2)3)48-28-47-36-20-21-41(52)49-30(36)4/h6,14-19,24-26,28,36,45H,1-2,4,7-13,20-23,27H2,3,5H3,(H,47,48)(H,49,52)(H,46,50,51). The summed E-state index contributed by atoms with van der Waals surface area (Å²) in [6.07, 6.45) is 12.7. The van der Waals surface area contributed by atoms with Crippen LogP contribution < -0.4 is 31.5 Å². The molecule has 1 aliphatic rings. The number of nitrogens with one attached hydrogen (secondary N) is 4. The van der Waals surface area contributed by atoms with Gasteiger partial charge in [0.2, 0.25) is 5.91 Å². The molecule has 1 fully saturated rings. The highest BCUT2D eigenvalue weighted by Gasteiger charge is 2.20. The van der Waals surface area contributed by atoms with Crippen molar-refractivity contribution in [1.82, 2.24) is 15.3 Å². The number of allylic oxidation sites excluding steroid dienone is 1. The number of aryl methyl sites for hydroxylation is 1. The number of benzene rings is 3. The first-order valence-corrected chi connectivity index (χ1v) is 18.7. The number of aromatic nitrogens is 2. The average molecular weight is 710 g/mol. The van der Waals surface area contributed by atoms with Crippen molar-refractivity contribution >= 4 is 65.3 Å². The first-order chi connectivity index (χ1) is 25.7. The molecule has 10 heteroatoms. The number of fused-ring (bicyclic) bond motifs is 1. The lowest BCUT2D eigenvalue weighted by Gasteiger charge is -2.21. The van der Waals surface area contributed by atoms with E-state index in [1.807, 2.05) is 62.4 Å². The minimum atomic E-state index is -0.116. The lowest BCUT2D eigenvalue weighted by molar-refractivity contribution is -0.121. The Balaban J connectivity index is 1.00. The molecule has 1 atom stereocenters. The average Bonchev–Trinajstić information content (AvgIpc) is 3.13. The van der Waals surface area contributed by atoms with Gasteiger partial charge in [0.15, 0.2) is 0 Å². The molecular weight excluding hydrogens is 657 g/mol. The number of hydrogen-bond donors (Lipinski definition) is 4. The van der Waals surface area contributed by atoms with Crippen molar-refractivity contribution in [3.8, 4) is 5.75 Å². The predicted molar refractivity (Wildman–Crippen MR) is 223 cm³/mol. The fourth-order valence-electron chi connectivity index (χ4n) is 6.52. The van der Waals surface area contributed by atoms with Crippen molar-refractivity contribution < 1.29 is 9.53 Å². The molecule has 274 valence electrons. The molecule has 3 aromatic carbocycles. The molecule has 0 spiro atoms. The van der Waals surface area contributed by atoms with Crippen molar-refractivity contribution in [3.05, 3.63) is 103 Å². The number of amides is 1. The molecule has 1 saturated heterocycles. The van der Waals surface area contributed by atoms with Crippen LogP contribution in [0.25, 0.3) is 22.6 Å². The van der Waals surface area contributed by atoms with E-state index in [0.717, 1.165) is 87.4 Å². The molecule has 9 nitrogen and oxygen atoms in total. The van der Waals surface area contributed by atoms with E-state index in [-0.39, 0.29) is 11.9 Å². The zero-order valence-electron chi connectivity index (χ0n) is 31.3. The molecule has 1 unspecified atom stereocenters. The summed E-state index contributed by atoms with van der Waals surface area (Å²) in [5.41, 5.74) is 8.26. The van der Waals surface area contributed by atoms with Crippen LogP contribution in [0.5, 0.6) is 5.75 Å². The Morgan fingerprint density at radius 2 is 1.77 bits per heavy atom. The first kappa shape index (κ1) is 38.8. The molecule has 2 heterocycles. The van der Waals surface area contributed by atoms with Crippen molar-refractivity contribution in [2.24, 2.45) is 4.99 Å². The van der Waals surface area contributed by atoms with Crippen molar-refractivity contribution in [3.63, 3.8) is 0 Å². The Hall–Kier alpha value is -5.38. The van der Waals surface area contributed by atoms with E-state index < -0.39 is 0 Å². The summed E-state index contributed by atoms with van der Waals surface area (Å²) in [6, 6.07) is 17.9. The van der Waals surface area contributed by atoms with E-state index in [0.29, 0.717) is 37.5 Å². The van der Waals surface area contributed by atoms with Gasteiger partial charge in [-0.25, -0.2) is 9.97 Å². The van der Waals surface area contributed by atoms with E-state index in [1.165, 1.54) is 25.7 Å². The van der Waals surface area contributed by atoms with Gasteiger partial charge in [-0.1, -0.05) is 93.7 Å². The predicted octanol–water partition coefficient (Wildman–Crippen LogP) is 8.47. The molecule has 53 heavy (non-hydrogen) atoms. The zero-order valence-corrected chi connectivity index (χ0v) is 31.3. The largest absolute Gasteiger partial charge is 0.493 e. The van der Waals surface area contributed by atoms with Gasteiger partial charge in [-0.15, -0.1) is 0 Å². The molecule has 5 rings (SSSR count). The second-order valence-electron chi connectivity index (χ2n) is 13.6. The van der Waals surface area contributed by atoms with E-state index in [4.69, 9.17) is 12.6 Å². The van der Waals surface area contributed by atoms with Crippen LogP contribution in [0.4, 0.5) is 17.2 Å². The van der Waals surface area contributed by atoms with E-state index in [1.54, 1.807) is 6.34 Å². The molecule has 0 saturated carbocycles. The fourth-order valence-corrected chi connectivity index (χ4v) is 6.52. The van der Waals surface area contributed by atoms with Crippen LogP contribution >= 0.6 is 0 Å². The number of rotatable bonds is 20. The van der Waals surface area contributed by atoms with Crippen molar-refractivity contribution in [2.75, 3.05) is 29.1 Å². The number of anilines is 3. The van der Waals surface area contributed by atoms with Gasteiger partial charge in [0.1, 0.15) is 25.2 Å². The van der Waals surface area contributed by atoms with Gasteiger partial charge in [-0.3, -0.25) is 9.79 Å². The van der Waals surface area contributed by atoms with Crippen LogP contribution in [0.3, 0.4) is 0 Å². The number of unbranched alkanes of at least 4 members (excludes halogenated alkanes) is 6. The fraction of sp³-hybridized carbons (Fsp3) is 0.349. The summed E-state index contributed by atoms with van der Waals surface area (Å²) in [5.74, 6) is 2.27. The van der Waals surface area contributed by atoms with Gasteiger partial charge in [-0.05, 0) is 62.4 Å². The van der Waals surface area contributed by atoms with Gasteiger partial charge in [-0.2, -0.15) is 0 Å². The molecule has 1 aromatic heterocycles. The Labute approximate surface area is 316 Å². The van der Waals surface area contributed by atoms with Gasteiger partial charge in [0, 0.05) is 59.2 Å². The number of carbonyl (C=O) groups is 1. The Morgan fingerprint density at radius 3 is 2.53 bits per heavy atom. The second kappa shape index (κ2) is 19.5. The summed E-state index contributed by atoms with van der Waals surface area (Å²) in [4.78, 5) is 25.5. The van der Waals surface area contributed by atoms with E-state index >= 15 is 0 Å². The molecule has 4 aromatic rings. The summed E-state index contributed by atoms with van der Waals surface area (Å²) in [5, 5.41) is 14.1. The van der Waals surface area contributed by atoms with Gasteiger partial charge in [0.25, 0.3) is 0 Å². The van der Waals surface area contributed by atoms with Crippen LogP contribution in [0, 0.1) is 6.92 Å². The molecule has 2 radical (unpaired) electrons. The molecule has 4 N–H and O–H groups in total. The van der Waals surface area contributed by atoms with Gasteiger partial charge >= 0.3 is 0 Å². The maximum Gasteiger partial charge on any atom is 0.224 e. The van der Waals surface area contributed by atoms with Crippen LogP contribution in [-0.2, 0) is 11.3 Å². The highest BCUT2D eigenvalue weighted by molar-refractivity contribution is 6.32. The van der Waals surface area contributed by atoms with Crippen molar-refractivity contribution in [1.29, 1.82) is 0 Å². The number of nitrogens with zero attached hydrogens (tertiary/aromatic N) is 3. The Bertz CT molecular complexity index is 1960. The molecule has 0 aliphatic carbocycles. The summed E-state index contributed by atoms with van der Waals surface area (Å²) >= 11 is 0. The normalized spacial score (nSPS) is 14.3. The molecular formula is C43H52BN7O2. The van der Waals surface area contributed by atoms with Gasteiger partial charge < -0.3 is 26.0 Å². The number of piperidine rings is 1. The molecule has 1 aliphatic heterocycles. The Morgan fingerprint density at radius 1 is 1.02 bits per heavy atom. The quantitative estimate of drug-likeness (QED) is 0.0315. The van der Waals surface area contributed by atoms with E-state index in [2.05, 4.69) is 68.1 Å². The zero-order chi connectivity index (χ0) is 37.6. The highest BCUT2D eigenvalue weighted by atomic mass is 16.5. The van der Waals surface area contributed by atoms with E-state index in [9.17, 15) is 4.79 Å². The number of aliphatic imine (C=N–C) groups is 1. The maximum absolute atomic E-state index is 11.6. The third-order valence-electron chi connectivity index (χ3n) is 9.28. The molecule has 0 bridgehead atoms. The monoisotopic (exact) mass is 709 g/mol. The lowest BCUT2D eigenvalue weighted by atomic mass is 9.94. The topological polar surface area (TPSA) is 113 Å². The highest BCUT2D eigenvalue weighted by Crippen LogP contribution is 2.32. The minimum Gasteiger partial charge on any atom is -0.493 e. The first-order valence-electron chi connectivity index (χ1n) is 18.7. The Kier molecular flexibility index (Phi) is 14.3. The smallest absolute Gasteiger partial charge is 0.224 e. The number of ether oxygens (including phenoxy) is 1. The number of hydrogen-bond acceptors (Lipinski definition) is 7. The van der Waals surface area contributed by atoms with Crippen LogP contribution in [0.2, 0.25) is 0 Å². The minimum absolute atomic E-state index is 0.00146. The second-order valence-corrected chi connectivity index (χ2v) is 13.6. The third kappa shape index (κ3) is 11.3. The molecule has 1 amide bonds. The summed E-state index contributed by atoms with van der Waals surface area (Å²) in [7, 11) is 5.96. The van der Waals surface area contributed by atoms with Crippen molar-refractivity contribution in [2.45, 2.75) is 84.2 Å². The van der Waals surface area contributed by atoms with Crippen LogP contribution in [0.15, 0.2) is 85.0 Å². The van der Waals surface area contributed by atoms with Crippen LogP contribution in [0.1, 0.15) is 87.2 Å². The third-order valence-corrected chi connectivity index (χ3v) is 9.28. The van der Waals surface area contributed by atoms with Gasteiger partial charge in [0.05, 0.1) is 24.5 Å². The number of carbonyl (C=O) groups excluding carboxylic acids is 1. The maximum atomic E-state index is 11.6. The summed E-state index contributed by atoms with van der Waals surface area (Å²) < 4.78 is 6.24. The SMILES string of the molecule is [B]c1cccc(CNc2nc(C)nc3cc(OCCCCCCCCCNc4cccc(NC=NC5CCC(=O)NC5=C)c4C(=C)C)c(C=C)cc23)c1. The van der Waals surface area contributed by atoms with Crippen LogP contribution in [-0.4, -0.2) is 49.3 Å².